The van der Waals surface area contributed by atoms with Crippen molar-refractivity contribution in [3.05, 3.63) is 29.8 Å². The molecule has 0 amide bonds. The van der Waals surface area contributed by atoms with Gasteiger partial charge in [-0.1, -0.05) is 0 Å². The van der Waals surface area contributed by atoms with Gasteiger partial charge in [0.25, 0.3) is 0 Å². The Bertz CT molecular complexity index is 175. The molecule has 0 aliphatic rings. The molecular weight excluding hydrogens is 122 g/mol. The summed E-state index contributed by atoms with van der Waals surface area (Å²) in [7, 11) is 4.19. The summed E-state index contributed by atoms with van der Waals surface area (Å²) >= 11 is 0. The molecule has 1 heteroatoms. The lowest BCUT2D eigenvalue weighted by Gasteiger charge is -2.21. The summed E-state index contributed by atoms with van der Waals surface area (Å²) in [6.45, 7) is 2.20. The molecule has 1 nitrogen and oxygen atoms in total. The zero-order valence-electron chi connectivity index (χ0n) is 6.83. The largest absolute Gasteiger partial charge is 0.305 e. The predicted molar refractivity (Wildman–Crippen MR) is 44.1 cm³/mol. The minimum absolute atomic E-state index is 0.537. The molecule has 1 aromatic carbocycles. The second kappa shape index (κ2) is 2.93. The average molecular weight is 136 g/mol. The molecule has 1 aromatic rings. The highest BCUT2D eigenvalue weighted by atomic mass is 15.1. The highest BCUT2D eigenvalue weighted by molar-refractivity contribution is 5.19. The Morgan fingerprint density at radius 1 is 1.50 bits per heavy atom. The van der Waals surface area contributed by atoms with Crippen molar-refractivity contribution in [2.45, 2.75) is 13.0 Å². The van der Waals surface area contributed by atoms with E-state index < -0.39 is 0 Å². The van der Waals surface area contributed by atoms with Crippen LogP contribution in [0.4, 0.5) is 0 Å². The van der Waals surface area contributed by atoms with E-state index in [-0.39, 0.29) is 0 Å². The van der Waals surface area contributed by atoms with Crippen molar-refractivity contribution in [3.8, 4) is 0 Å². The summed E-state index contributed by atoms with van der Waals surface area (Å²) < 4.78 is 0. The summed E-state index contributed by atoms with van der Waals surface area (Å²) in [6, 6.07) is 9.01. The molecule has 0 aliphatic carbocycles. The van der Waals surface area contributed by atoms with E-state index >= 15 is 0 Å². The monoisotopic (exact) mass is 136 g/mol. The molecule has 0 saturated heterocycles. The Morgan fingerprint density at radius 3 is 2.60 bits per heavy atom. The maximum atomic E-state index is 2.20. The number of hydrogen-bond donors (Lipinski definition) is 0. The fourth-order valence-electron chi connectivity index (χ4n) is 0.966. The lowest BCUT2D eigenvalue weighted by molar-refractivity contribution is 0.321. The number of nitrogens with zero attached hydrogens (tertiary/aromatic N) is 1. The van der Waals surface area contributed by atoms with Gasteiger partial charge in [-0.15, -0.1) is 0 Å². The normalized spacial score (nSPS) is 14.0. The molecule has 1 atom stereocenters. The SMILES string of the molecule is C[C@H](c1ccc[cH-]1)N(C)C. The topological polar surface area (TPSA) is 3.24 Å². The summed E-state index contributed by atoms with van der Waals surface area (Å²) in [5.74, 6) is 0. The van der Waals surface area contributed by atoms with Gasteiger partial charge in [-0.3, -0.25) is 0 Å². The average Bonchev–Trinajstić information content (AvgIpc) is 2.36. The quantitative estimate of drug-likeness (QED) is 0.562. The molecule has 0 unspecified atom stereocenters. The number of hydrogen-bond acceptors (Lipinski definition) is 1. The molecule has 0 heterocycles. The van der Waals surface area contributed by atoms with Crippen LogP contribution in [-0.4, -0.2) is 19.0 Å². The second-order valence-electron chi connectivity index (χ2n) is 2.86. The molecule has 0 aromatic heterocycles. The molecule has 0 radical (unpaired) electrons. The Balaban J connectivity index is 2.68. The van der Waals surface area contributed by atoms with E-state index in [9.17, 15) is 0 Å². The third-order valence-electron chi connectivity index (χ3n) is 1.95. The van der Waals surface area contributed by atoms with Crippen LogP contribution in [0.3, 0.4) is 0 Å². The van der Waals surface area contributed by atoms with Gasteiger partial charge in [0.2, 0.25) is 0 Å². The molecule has 0 saturated carbocycles. The van der Waals surface area contributed by atoms with E-state index in [0.29, 0.717) is 6.04 Å². The van der Waals surface area contributed by atoms with E-state index in [1.807, 2.05) is 0 Å². The van der Waals surface area contributed by atoms with Crippen LogP contribution in [0.2, 0.25) is 0 Å². The van der Waals surface area contributed by atoms with Gasteiger partial charge in [0.15, 0.2) is 0 Å². The van der Waals surface area contributed by atoms with Gasteiger partial charge in [-0.2, -0.15) is 17.7 Å². The van der Waals surface area contributed by atoms with Crippen molar-refractivity contribution in [2.75, 3.05) is 14.1 Å². The minimum atomic E-state index is 0.537. The molecule has 10 heavy (non-hydrogen) atoms. The Kier molecular flexibility index (Phi) is 2.17. The third-order valence-corrected chi connectivity index (χ3v) is 1.95. The van der Waals surface area contributed by atoms with Crippen LogP contribution in [0.25, 0.3) is 0 Å². The van der Waals surface area contributed by atoms with Crippen LogP contribution in [0.1, 0.15) is 18.5 Å². The molecule has 1 rings (SSSR count). The van der Waals surface area contributed by atoms with Crippen molar-refractivity contribution >= 4 is 0 Å². The van der Waals surface area contributed by atoms with Gasteiger partial charge in [-0.25, -0.2) is 12.1 Å². The zero-order valence-corrected chi connectivity index (χ0v) is 6.83. The van der Waals surface area contributed by atoms with Crippen LogP contribution < -0.4 is 0 Å². The van der Waals surface area contributed by atoms with Crippen LogP contribution >= 0.6 is 0 Å². The zero-order chi connectivity index (χ0) is 7.56. The summed E-state index contributed by atoms with van der Waals surface area (Å²) in [6.07, 6.45) is 0. The molecule has 0 fully saturated rings. The van der Waals surface area contributed by atoms with Crippen LogP contribution in [0.5, 0.6) is 0 Å². The van der Waals surface area contributed by atoms with Crippen molar-refractivity contribution < 1.29 is 0 Å². The minimum Gasteiger partial charge on any atom is -0.305 e. The highest BCUT2D eigenvalue weighted by Crippen LogP contribution is 2.16. The first-order valence-electron chi connectivity index (χ1n) is 3.60. The highest BCUT2D eigenvalue weighted by Gasteiger charge is 2.00. The van der Waals surface area contributed by atoms with Gasteiger partial charge in [0.1, 0.15) is 0 Å². The fraction of sp³-hybridized carbons (Fsp3) is 0.444. The third kappa shape index (κ3) is 1.42. The van der Waals surface area contributed by atoms with Crippen molar-refractivity contribution in [1.82, 2.24) is 4.90 Å². The van der Waals surface area contributed by atoms with Gasteiger partial charge in [0.05, 0.1) is 0 Å². The van der Waals surface area contributed by atoms with E-state index in [1.54, 1.807) is 0 Å². The van der Waals surface area contributed by atoms with E-state index in [1.165, 1.54) is 5.56 Å². The van der Waals surface area contributed by atoms with Gasteiger partial charge in [0, 0.05) is 6.04 Å². The van der Waals surface area contributed by atoms with Gasteiger partial charge >= 0.3 is 0 Å². The maximum absolute atomic E-state index is 2.20. The first-order valence-corrected chi connectivity index (χ1v) is 3.60. The van der Waals surface area contributed by atoms with Crippen molar-refractivity contribution in [3.63, 3.8) is 0 Å². The standard InChI is InChI=1S/C9H14N/c1-8(10(2)3)9-6-4-5-7-9/h4-8H,1-3H3/q-1/t8-/m1/s1. The van der Waals surface area contributed by atoms with Crippen molar-refractivity contribution in [2.24, 2.45) is 0 Å². The summed E-state index contributed by atoms with van der Waals surface area (Å²) in [5, 5.41) is 0. The second-order valence-corrected chi connectivity index (χ2v) is 2.86. The first-order chi connectivity index (χ1) is 4.72. The molecule has 0 aliphatic heterocycles. The first kappa shape index (κ1) is 7.42. The predicted octanol–water partition coefficient (Wildman–Crippen LogP) is 2.03. The fourth-order valence-corrected chi connectivity index (χ4v) is 0.966. The Labute approximate surface area is 62.6 Å². The lowest BCUT2D eigenvalue weighted by atomic mass is 10.2. The van der Waals surface area contributed by atoms with Crippen molar-refractivity contribution in [1.29, 1.82) is 0 Å². The Morgan fingerprint density at radius 2 is 2.20 bits per heavy atom. The molecule has 0 bridgehead atoms. The Hall–Kier alpha value is -0.690. The van der Waals surface area contributed by atoms with Gasteiger partial charge < -0.3 is 4.90 Å². The van der Waals surface area contributed by atoms with E-state index in [4.69, 9.17) is 0 Å². The summed E-state index contributed by atoms with van der Waals surface area (Å²) in [4.78, 5) is 2.20. The number of rotatable bonds is 2. The molecule has 56 valence electrons. The van der Waals surface area contributed by atoms with Crippen LogP contribution in [0, 0.1) is 0 Å². The summed E-state index contributed by atoms with van der Waals surface area (Å²) in [5.41, 5.74) is 1.39. The molecule has 0 N–H and O–H groups in total. The van der Waals surface area contributed by atoms with Gasteiger partial charge in [-0.05, 0) is 21.0 Å². The molecule has 0 spiro atoms. The maximum Gasteiger partial charge on any atom is 0.00834 e. The van der Waals surface area contributed by atoms with Crippen LogP contribution in [0.15, 0.2) is 24.3 Å². The van der Waals surface area contributed by atoms with E-state index in [0.717, 1.165) is 0 Å². The lowest BCUT2D eigenvalue weighted by Crippen LogP contribution is -2.15. The van der Waals surface area contributed by atoms with E-state index in [2.05, 4.69) is 50.2 Å². The smallest absolute Gasteiger partial charge is 0.00834 e. The molecular formula is C9H14N-. The van der Waals surface area contributed by atoms with Crippen LogP contribution in [-0.2, 0) is 0 Å².